The first-order valence-electron chi connectivity index (χ1n) is 25.4. The van der Waals surface area contributed by atoms with E-state index in [2.05, 4.69) is 255 Å². The van der Waals surface area contributed by atoms with Crippen molar-refractivity contribution in [1.82, 2.24) is 0 Å². The van der Waals surface area contributed by atoms with E-state index in [1.807, 2.05) is 11.3 Å². The molecule has 12 aromatic rings. The maximum absolute atomic E-state index is 7.36. The average molecular weight is 948 g/mol. The highest BCUT2D eigenvalue weighted by atomic mass is 32.1. The first-order chi connectivity index (χ1) is 36.0. The van der Waals surface area contributed by atoms with Crippen LogP contribution in [0.2, 0.25) is 0 Å². The van der Waals surface area contributed by atoms with E-state index in [0.29, 0.717) is 0 Å². The molecule has 1 spiro atoms. The van der Waals surface area contributed by atoms with Gasteiger partial charge in [-0.1, -0.05) is 196 Å². The molecule has 0 fully saturated rings. The van der Waals surface area contributed by atoms with Gasteiger partial charge in [-0.25, -0.2) is 0 Å². The highest BCUT2D eigenvalue weighted by molar-refractivity contribution is 7.25. The molecule has 0 radical (unpaired) electrons. The SMILES string of the molecule is CC1(C)c2ccccc2-c2ccc(N(c3ccc4c(c3)C3(c5ccccc5-c5ccccc5-4)c4ccccc4-c4cc5c(cc43)sc3ccccc35)c3cccc4c3Oc3ccccc3-c3ccccc3-4)cc21. The highest BCUT2D eigenvalue weighted by Crippen LogP contribution is 2.64. The third-order valence-corrected chi connectivity index (χ3v) is 17.8. The van der Waals surface area contributed by atoms with Crippen molar-refractivity contribution in [2.45, 2.75) is 24.7 Å². The van der Waals surface area contributed by atoms with Crippen LogP contribution in [0.25, 0.3) is 86.9 Å². The Morgan fingerprint density at radius 3 is 1.51 bits per heavy atom. The number of nitrogens with zero attached hydrogens (tertiary/aromatic N) is 1. The fourth-order valence-corrected chi connectivity index (χ4v) is 14.7. The molecule has 11 aromatic carbocycles. The van der Waals surface area contributed by atoms with Crippen LogP contribution in [0.15, 0.2) is 237 Å². The molecule has 1 aliphatic heterocycles. The van der Waals surface area contributed by atoms with Crippen LogP contribution in [-0.2, 0) is 10.8 Å². The van der Waals surface area contributed by atoms with Crippen LogP contribution >= 0.6 is 11.3 Å². The summed E-state index contributed by atoms with van der Waals surface area (Å²) >= 11 is 1.90. The van der Waals surface area contributed by atoms with Gasteiger partial charge in [0.2, 0.25) is 0 Å². The lowest BCUT2D eigenvalue weighted by molar-refractivity contribution is 0.489. The fourth-order valence-electron chi connectivity index (χ4n) is 13.6. The van der Waals surface area contributed by atoms with Crippen LogP contribution in [0.5, 0.6) is 11.5 Å². The minimum atomic E-state index is -0.688. The number of fused-ring (bicyclic) bond motifs is 23. The molecule has 1 atom stereocenters. The van der Waals surface area contributed by atoms with Crippen molar-refractivity contribution in [3.63, 3.8) is 0 Å². The van der Waals surface area contributed by atoms with Crippen LogP contribution in [0, 0.1) is 0 Å². The molecule has 0 amide bonds. The van der Waals surface area contributed by atoms with Gasteiger partial charge in [0.1, 0.15) is 5.75 Å². The Balaban J connectivity index is 1.03. The summed E-state index contributed by atoms with van der Waals surface area (Å²) in [6.07, 6.45) is 0. The molecule has 0 N–H and O–H groups in total. The molecular weight excluding hydrogens is 903 g/mol. The molecule has 0 saturated carbocycles. The summed E-state index contributed by atoms with van der Waals surface area (Å²) in [5.74, 6) is 1.67. The number of thiophene rings is 1. The first-order valence-corrected chi connectivity index (χ1v) is 26.2. The molecule has 1 unspecified atom stereocenters. The summed E-state index contributed by atoms with van der Waals surface area (Å²) in [5.41, 5.74) is 24.6. The summed E-state index contributed by atoms with van der Waals surface area (Å²) in [7, 11) is 0. The quantitative estimate of drug-likeness (QED) is 0.175. The van der Waals surface area contributed by atoms with E-state index in [0.717, 1.165) is 50.8 Å². The molecule has 1 aromatic heterocycles. The number of hydrogen-bond acceptors (Lipinski definition) is 3. The Morgan fingerprint density at radius 1 is 0.329 bits per heavy atom. The Labute approximate surface area is 428 Å². The van der Waals surface area contributed by atoms with Gasteiger partial charge in [-0.2, -0.15) is 0 Å². The van der Waals surface area contributed by atoms with Gasteiger partial charge in [0.05, 0.1) is 11.1 Å². The van der Waals surface area contributed by atoms with E-state index in [9.17, 15) is 0 Å². The predicted molar refractivity (Wildman–Crippen MR) is 304 cm³/mol. The number of hydrogen-bond donors (Lipinski definition) is 0. The van der Waals surface area contributed by atoms with Gasteiger partial charge >= 0.3 is 0 Å². The van der Waals surface area contributed by atoms with Crippen molar-refractivity contribution in [3.8, 4) is 78.3 Å². The molecule has 0 bridgehead atoms. The lowest BCUT2D eigenvalue weighted by Gasteiger charge is -2.37. The van der Waals surface area contributed by atoms with Gasteiger partial charge in [-0.05, 0) is 144 Å². The van der Waals surface area contributed by atoms with Crippen LogP contribution in [0.3, 0.4) is 0 Å². The molecule has 3 aliphatic carbocycles. The van der Waals surface area contributed by atoms with Crippen LogP contribution in [0.1, 0.15) is 47.2 Å². The standard InChI is InChI=1S/C70H45NOS/c1-69(2)58-28-12-7-23-49(58)52-37-35-42(38-61(52)69)71(64-31-17-27-55-47-21-6-5-20-46(47)53-25-10-15-32-65(53)72-68(55)64)43-34-36-51-45-19-4-3-18-44(45)48-22-8-13-29-59(48)70(62(51)39-43)60-30-14-9-24-50(60)56-40-57-54-26-11-16-33-66(54)73-67(57)41-63(56)70/h3-41H,1-2H3. The summed E-state index contributed by atoms with van der Waals surface area (Å²) in [6.45, 7) is 4.75. The van der Waals surface area contributed by atoms with E-state index < -0.39 is 5.41 Å². The molecule has 4 aliphatic rings. The monoisotopic (exact) mass is 947 g/mol. The average Bonchev–Trinajstić information content (AvgIpc) is 4.03. The smallest absolute Gasteiger partial charge is 0.159 e. The normalized spacial score (nSPS) is 15.5. The van der Waals surface area contributed by atoms with E-state index in [1.165, 1.54) is 98.1 Å². The molecule has 3 heteroatoms. The third-order valence-electron chi connectivity index (χ3n) is 16.7. The van der Waals surface area contributed by atoms with Crippen molar-refractivity contribution in [2.24, 2.45) is 0 Å². The molecule has 0 saturated heterocycles. The lowest BCUT2D eigenvalue weighted by atomic mass is 9.65. The molecule has 2 nitrogen and oxygen atoms in total. The summed E-state index contributed by atoms with van der Waals surface area (Å²) in [4.78, 5) is 2.49. The van der Waals surface area contributed by atoms with Gasteiger partial charge in [0.25, 0.3) is 0 Å². The van der Waals surface area contributed by atoms with E-state index >= 15 is 0 Å². The predicted octanol–water partition coefficient (Wildman–Crippen LogP) is 19.3. The Hall–Kier alpha value is -8.76. The number of anilines is 3. The Bertz CT molecular complexity index is 4360. The van der Waals surface area contributed by atoms with E-state index in [1.54, 1.807) is 0 Å². The van der Waals surface area contributed by atoms with Crippen molar-refractivity contribution >= 4 is 48.6 Å². The minimum Gasteiger partial charge on any atom is -0.454 e. The largest absolute Gasteiger partial charge is 0.454 e. The van der Waals surface area contributed by atoms with Crippen molar-refractivity contribution in [3.05, 3.63) is 270 Å². The zero-order valence-corrected chi connectivity index (χ0v) is 41.1. The number of ether oxygens (including phenoxy) is 1. The van der Waals surface area contributed by atoms with E-state index in [4.69, 9.17) is 4.74 Å². The molecule has 342 valence electrons. The van der Waals surface area contributed by atoms with Gasteiger partial charge in [-0.15, -0.1) is 11.3 Å². The molecule has 2 heterocycles. The number of para-hydroxylation sites is 2. The van der Waals surface area contributed by atoms with Gasteiger partial charge in [-0.3, -0.25) is 0 Å². The van der Waals surface area contributed by atoms with Gasteiger partial charge < -0.3 is 9.64 Å². The number of benzene rings is 11. The van der Waals surface area contributed by atoms with Gasteiger partial charge in [0.15, 0.2) is 5.75 Å². The topological polar surface area (TPSA) is 12.5 Å². The maximum Gasteiger partial charge on any atom is 0.159 e. The lowest BCUT2D eigenvalue weighted by Crippen LogP contribution is -2.29. The summed E-state index contributed by atoms with van der Waals surface area (Å²) in [6, 6.07) is 88.8. The van der Waals surface area contributed by atoms with Crippen molar-refractivity contribution < 1.29 is 4.74 Å². The van der Waals surface area contributed by atoms with Crippen LogP contribution < -0.4 is 9.64 Å². The number of rotatable bonds is 3. The maximum atomic E-state index is 7.36. The highest BCUT2D eigenvalue weighted by Gasteiger charge is 2.50. The second-order valence-corrected chi connectivity index (χ2v) is 21.7. The molecular formula is C70H45NOS. The van der Waals surface area contributed by atoms with E-state index in [-0.39, 0.29) is 5.41 Å². The van der Waals surface area contributed by atoms with Crippen LogP contribution in [0.4, 0.5) is 17.1 Å². The third kappa shape index (κ3) is 5.47. The van der Waals surface area contributed by atoms with Crippen LogP contribution in [-0.4, -0.2) is 0 Å². The zero-order valence-electron chi connectivity index (χ0n) is 40.3. The zero-order chi connectivity index (χ0) is 48.2. The summed E-state index contributed by atoms with van der Waals surface area (Å²) in [5, 5.41) is 2.62. The van der Waals surface area contributed by atoms with Gasteiger partial charge in [0, 0.05) is 48.1 Å². The van der Waals surface area contributed by atoms with Crippen molar-refractivity contribution in [2.75, 3.05) is 4.90 Å². The molecule has 16 rings (SSSR count). The Kier molecular flexibility index (Phi) is 8.35. The summed E-state index contributed by atoms with van der Waals surface area (Å²) < 4.78 is 9.98. The first kappa shape index (κ1) is 40.9. The second kappa shape index (κ2) is 14.9. The second-order valence-electron chi connectivity index (χ2n) is 20.6. The van der Waals surface area contributed by atoms with Crippen molar-refractivity contribution in [1.29, 1.82) is 0 Å². The molecule has 73 heavy (non-hydrogen) atoms. The Morgan fingerprint density at radius 2 is 0.808 bits per heavy atom. The minimum absolute atomic E-state index is 0.212. The fraction of sp³-hybridized carbons (Fsp3) is 0.0571.